The molecule has 2 N–H and O–H groups in total. The van der Waals surface area contributed by atoms with Crippen molar-refractivity contribution in [3.05, 3.63) is 0 Å². The molecule has 2 aliphatic rings. The fourth-order valence-electron chi connectivity index (χ4n) is 3.02. The molecule has 0 spiro atoms. The Labute approximate surface area is 84.1 Å². The first-order valence-electron chi connectivity index (χ1n) is 5.57. The highest BCUT2D eigenvalue weighted by Gasteiger charge is 2.58. The lowest BCUT2D eigenvalue weighted by Crippen LogP contribution is -2.58. The molecule has 0 atom stereocenters. The molecular formula is C11H18O3. The summed E-state index contributed by atoms with van der Waals surface area (Å²) in [5.74, 6) is -0.778. The van der Waals surface area contributed by atoms with Gasteiger partial charge in [-0.05, 0) is 32.1 Å². The normalized spacial score (nSPS) is 29.2. The van der Waals surface area contributed by atoms with Gasteiger partial charge >= 0.3 is 5.97 Å². The topological polar surface area (TPSA) is 57.5 Å². The standard InChI is InChI=1S/C11H18O3/c12-9(13)10(5-2-1-3-6-10)11(14)7-4-8-11/h14H,1-8H2,(H,12,13). The van der Waals surface area contributed by atoms with Crippen molar-refractivity contribution >= 4 is 5.97 Å². The second-order valence-electron chi connectivity index (χ2n) is 4.83. The summed E-state index contributed by atoms with van der Waals surface area (Å²) in [5.41, 5.74) is -1.71. The number of aliphatic carboxylic acids is 1. The molecule has 0 unspecified atom stereocenters. The van der Waals surface area contributed by atoms with Crippen LogP contribution in [0.15, 0.2) is 0 Å². The Morgan fingerprint density at radius 3 is 1.86 bits per heavy atom. The summed E-state index contributed by atoms with van der Waals surface area (Å²) >= 11 is 0. The van der Waals surface area contributed by atoms with Gasteiger partial charge in [-0.2, -0.15) is 0 Å². The molecule has 2 saturated carbocycles. The zero-order chi connectivity index (χ0) is 10.2. The van der Waals surface area contributed by atoms with Gasteiger partial charge in [-0.1, -0.05) is 19.3 Å². The third-order valence-corrected chi connectivity index (χ3v) is 4.19. The van der Waals surface area contributed by atoms with Crippen LogP contribution in [-0.4, -0.2) is 21.8 Å². The molecule has 0 amide bonds. The van der Waals surface area contributed by atoms with Crippen LogP contribution in [0.25, 0.3) is 0 Å². The minimum Gasteiger partial charge on any atom is -0.481 e. The fraction of sp³-hybridized carbons (Fsp3) is 0.909. The number of carbonyl (C=O) groups is 1. The van der Waals surface area contributed by atoms with Crippen LogP contribution < -0.4 is 0 Å². The number of carboxylic acids is 1. The van der Waals surface area contributed by atoms with E-state index in [1.165, 1.54) is 0 Å². The van der Waals surface area contributed by atoms with Crippen molar-refractivity contribution in [1.82, 2.24) is 0 Å². The van der Waals surface area contributed by atoms with Crippen LogP contribution in [0.4, 0.5) is 0 Å². The fourth-order valence-corrected chi connectivity index (χ4v) is 3.02. The summed E-state index contributed by atoms with van der Waals surface area (Å²) in [6.45, 7) is 0. The predicted octanol–water partition coefficient (Wildman–Crippen LogP) is 1.94. The summed E-state index contributed by atoms with van der Waals surface area (Å²) in [5, 5.41) is 19.6. The van der Waals surface area contributed by atoms with Crippen LogP contribution in [-0.2, 0) is 4.79 Å². The number of carboxylic acid groups (broad SMARTS) is 1. The lowest BCUT2D eigenvalue weighted by Gasteiger charge is -2.51. The molecule has 0 aromatic rings. The van der Waals surface area contributed by atoms with E-state index in [9.17, 15) is 15.0 Å². The second-order valence-corrected chi connectivity index (χ2v) is 4.83. The lowest BCUT2D eigenvalue weighted by molar-refractivity contribution is -0.191. The van der Waals surface area contributed by atoms with Crippen LogP contribution in [0.5, 0.6) is 0 Å². The summed E-state index contributed by atoms with van der Waals surface area (Å²) in [4.78, 5) is 11.4. The van der Waals surface area contributed by atoms with E-state index < -0.39 is 17.0 Å². The molecule has 0 radical (unpaired) electrons. The van der Waals surface area contributed by atoms with Gasteiger partial charge in [0.2, 0.25) is 0 Å². The first-order valence-corrected chi connectivity index (χ1v) is 5.57. The van der Waals surface area contributed by atoms with Crippen molar-refractivity contribution < 1.29 is 15.0 Å². The van der Waals surface area contributed by atoms with Crippen LogP contribution in [0, 0.1) is 5.41 Å². The number of hydrogen-bond acceptors (Lipinski definition) is 2. The van der Waals surface area contributed by atoms with E-state index in [4.69, 9.17) is 0 Å². The van der Waals surface area contributed by atoms with Gasteiger partial charge in [-0.3, -0.25) is 4.79 Å². The van der Waals surface area contributed by atoms with E-state index in [-0.39, 0.29) is 0 Å². The zero-order valence-corrected chi connectivity index (χ0v) is 8.46. The molecule has 3 heteroatoms. The van der Waals surface area contributed by atoms with E-state index >= 15 is 0 Å². The van der Waals surface area contributed by atoms with Crippen LogP contribution >= 0.6 is 0 Å². The van der Waals surface area contributed by atoms with E-state index in [0.717, 1.165) is 25.7 Å². The zero-order valence-electron chi connectivity index (χ0n) is 8.46. The minimum absolute atomic E-state index is 0.666. The molecule has 0 aromatic carbocycles. The largest absolute Gasteiger partial charge is 0.481 e. The highest BCUT2D eigenvalue weighted by Crippen LogP contribution is 2.53. The van der Waals surface area contributed by atoms with Crippen molar-refractivity contribution in [1.29, 1.82) is 0 Å². The molecule has 0 aromatic heterocycles. The molecule has 0 bridgehead atoms. The summed E-state index contributed by atoms with van der Waals surface area (Å²) in [6.07, 6.45) is 6.69. The SMILES string of the molecule is O=C(O)C1(C2(O)CCC2)CCCCC1. The summed E-state index contributed by atoms with van der Waals surface area (Å²) < 4.78 is 0. The highest BCUT2D eigenvalue weighted by molar-refractivity contribution is 5.76. The average molecular weight is 198 g/mol. The van der Waals surface area contributed by atoms with Gasteiger partial charge in [0.15, 0.2) is 0 Å². The van der Waals surface area contributed by atoms with E-state index in [0.29, 0.717) is 25.7 Å². The second kappa shape index (κ2) is 3.23. The van der Waals surface area contributed by atoms with Gasteiger partial charge in [0.05, 0.1) is 11.0 Å². The van der Waals surface area contributed by atoms with Crippen molar-refractivity contribution in [3.63, 3.8) is 0 Å². The maximum absolute atomic E-state index is 11.4. The molecule has 0 aliphatic heterocycles. The molecule has 2 aliphatic carbocycles. The van der Waals surface area contributed by atoms with Crippen LogP contribution in [0.3, 0.4) is 0 Å². The Bertz CT molecular complexity index is 237. The summed E-state index contributed by atoms with van der Waals surface area (Å²) in [6, 6.07) is 0. The van der Waals surface area contributed by atoms with Gasteiger partial charge in [-0.15, -0.1) is 0 Å². The smallest absolute Gasteiger partial charge is 0.312 e. The van der Waals surface area contributed by atoms with Crippen molar-refractivity contribution in [2.75, 3.05) is 0 Å². The maximum atomic E-state index is 11.4. The van der Waals surface area contributed by atoms with E-state index in [2.05, 4.69) is 0 Å². The van der Waals surface area contributed by atoms with Crippen molar-refractivity contribution in [2.24, 2.45) is 5.41 Å². The Balaban J connectivity index is 2.24. The molecule has 14 heavy (non-hydrogen) atoms. The maximum Gasteiger partial charge on any atom is 0.312 e. The lowest BCUT2D eigenvalue weighted by atomic mass is 9.56. The Morgan fingerprint density at radius 2 is 1.50 bits per heavy atom. The predicted molar refractivity (Wildman–Crippen MR) is 52.0 cm³/mol. The molecule has 0 saturated heterocycles. The quantitative estimate of drug-likeness (QED) is 0.712. The number of hydrogen-bond donors (Lipinski definition) is 2. The van der Waals surface area contributed by atoms with Crippen molar-refractivity contribution in [3.8, 4) is 0 Å². The average Bonchev–Trinajstić information content (AvgIpc) is 2.15. The monoisotopic (exact) mass is 198 g/mol. The van der Waals surface area contributed by atoms with Crippen molar-refractivity contribution in [2.45, 2.75) is 57.0 Å². The van der Waals surface area contributed by atoms with E-state index in [1.54, 1.807) is 0 Å². The van der Waals surface area contributed by atoms with Gasteiger partial charge in [0.25, 0.3) is 0 Å². The Morgan fingerprint density at radius 1 is 0.929 bits per heavy atom. The molecule has 3 nitrogen and oxygen atoms in total. The van der Waals surface area contributed by atoms with Gasteiger partial charge in [-0.25, -0.2) is 0 Å². The molecule has 0 heterocycles. The minimum atomic E-state index is -0.890. The number of aliphatic hydroxyl groups is 1. The molecule has 80 valence electrons. The van der Waals surface area contributed by atoms with E-state index in [1.807, 2.05) is 0 Å². The first kappa shape index (κ1) is 9.97. The van der Waals surface area contributed by atoms with Gasteiger partial charge in [0, 0.05) is 0 Å². The molecule has 2 fully saturated rings. The molecular weight excluding hydrogens is 180 g/mol. The Kier molecular flexibility index (Phi) is 2.30. The third-order valence-electron chi connectivity index (χ3n) is 4.19. The Hall–Kier alpha value is -0.570. The van der Waals surface area contributed by atoms with Crippen LogP contribution in [0.1, 0.15) is 51.4 Å². The van der Waals surface area contributed by atoms with Crippen LogP contribution in [0.2, 0.25) is 0 Å². The van der Waals surface area contributed by atoms with Gasteiger partial charge < -0.3 is 10.2 Å². The van der Waals surface area contributed by atoms with Gasteiger partial charge in [0.1, 0.15) is 0 Å². The third kappa shape index (κ3) is 1.18. The number of rotatable bonds is 2. The highest BCUT2D eigenvalue weighted by atomic mass is 16.4. The summed E-state index contributed by atoms with van der Waals surface area (Å²) in [7, 11) is 0. The molecule has 2 rings (SSSR count). The first-order chi connectivity index (χ1) is 6.61.